The highest BCUT2D eigenvalue weighted by molar-refractivity contribution is 5.31. The van der Waals surface area contributed by atoms with Gasteiger partial charge in [-0.25, -0.2) is 34.2 Å². The SMILES string of the molecule is CC(C)(OO)c1ccc(C(C)(C)OO)cc1.CC(C)(OO)c1ccccc1.CC(C)c1ccc(C(C)C)cc1.CC(C)c1ccccc1.CC(OO)c1ccccc1.CCC(C)(OO)c1ccccc1.CCC(C)c1ccccc1.CCC(OO)c1ccccc1.CCCc1ccccc1.CCc1ccccc1.Cc1ccccc1.OOCc1ccccc1. The minimum Gasteiger partial charge on any atom is -0.251 e. The lowest BCUT2D eigenvalue weighted by atomic mass is 9.92. The molecule has 0 amide bonds. The number of hydrogen-bond donors (Lipinski definition) is 7. The van der Waals surface area contributed by atoms with Gasteiger partial charge in [-0.05, 0) is 190 Å². The molecule has 0 fully saturated rings. The van der Waals surface area contributed by atoms with Crippen molar-refractivity contribution in [3.05, 3.63) is 430 Å². The third kappa shape index (κ3) is 48.4. The second-order valence-corrected chi connectivity index (χ2v) is 32.1. The normalized spacial score (nSPS) is 11.7. The monoisotopic (exact) mass is 1690 g/mol. The van der Waals surface area contributed by atoms with Gasteiger partial charge in [0.15, 0.2) is 0 Å². The molecule has 0 heterocycles. The lowest BCUT2D eigenvalue weighted by molar-refractivity contribution is -0.324. The number of benzene rings is 12. The molecule has 12 aromatic carbocycles. The zero-order chi connectivity index (χ0) is 92.5. The van der Waals surface area contributed by atoms with Crippen molar-refractivity contribution in [1.29, 1.82) is 0 Å². The zero-order valence-electron chi connectivity index (χ0n) is 77.9. The van der Waals surface area contributed by atoms with Gasteiger partial charge in [-0.1, -0.05) is 447 Å². The van der Waals surface area contributed by atoms with E-state index in [9.17, 15) is 0 Å². The van der Waals surface area contributed by atoms with Crippen molar-refractivity contribution in [1.82, 2.24) is 0 Å². The van der Waals surface area contributed by atoms with E-state index in [1.165, 1.54) is 58.2 Å². The molecule has 0 bridgehead atoms. The van der Waals surface area contributed by atoms with Crippen molar-refractivity contribution in [3.8, 4) is 0 Å². The molecule has 0 aliphatic heterocycles. The maximum absolute atomic E-state index is 8.76. The van der Waals surface area contributed by atoms with E-state index in [1.54, 1.807) is 34.6 Å². The molecule has 0 aliphatic carbocycles. The molecule has 672 valence electrons. The van der Waals surface area contributed by atoms with Crippen LogP contribution in [0.5, 0.6) is 0 Å². The molecule has 4 unspecified atom stereocenters. The molecule has 7 N–H and O–H groups in total. The summed E-state index contributed by atoms with van der Waals surface area (Å²) in [4.78, 5) is 29.9. The maximum atomic E-state index is 8.76. The Hall–Kier alpha value is -9.92. The lowest BCUT2D eigenvalue weighted by Gasteiger charge is -2.24. The molecule has 12 aromatic rings. The highest BCUT2D eigenvalue weighted by Crippen LogP contribution is 2.31. The Balaban J connectivity index is 0.000000680. The Kier molecular flexibility index (Phi) is 60.2. The topological polar surface area (TPSA) is 206 Å². The fourth-order valence-electron chi connectivity index (χ4n) is 11.2. The summed E-state index contributed by atoms with van der Waals surface area (Å²) >= 11 is 0. The molecular weight excluding hydrogens is 1550 g/mol. The van der Waals surface area contributed by atoms with Crippen molar-refractivity contribution < 1.29 is 71.0 Å². The van der Waals surface area contributed by atoms with Gasteiger partial charge in [0.05, 0.1) is 0 Å². The van der Waals surface area contributed by atoms with Crippen LogP contribution in [0.25, 0.3) is 0 Å². The van der Waals surface area contributed by atoms with E-state index in [4.69, 9.17) is 36.8 Å². The molecule has 0 aromatic heterocycles. The van der Waals surface area contributed by atoms with Gasteiger partial charge in [0.1, 0.15) is 41.2 Å². The summed E-state index contributed by atoms with van der Waals surface area (Å²) in [7, 11) is 0. The Bertz CT molecular complexity index is 4220. The first-order valence-electron chi connectivity index (χ1n) is 43.2. The molecule has 124 heavy (non-hydrogen) atoms. The molecule has 14 nitrogen and oxygen atoms in total. The predicted molar refractivity (Wildman–Crippen MR) is 514 cm³/mol. The molecule has 0 spiro atoms. The van der Waals surface area contributed by atoms with Gasteiger partial charge in [-0.3, -0.25) is 36.8 Å². The third-order valence-corrected chi connectivity index (χ3v) is 20.2. The van der Waals surface area contributed by atoms with Crippen LogP contribution in [-0.2, 0) is 76.1 Å². The summed E-state index contributed by atoms with van der Waals surface area (Å²) in [6, 6.07) is 117. The van der Waals surface area contributed by atoms with Crippen molar-refractivity contribution in [2.24, 2.45) is 0 Å². The predicted octanol–water partition coefficient (Wildman–Crippen LogP) is 31.7. The van der Waals surface area contributed by atoms with Gasteiger partial charge in [-0.2, -0.15) is 0 Å². The maximum Gasteiger partial charge on any atom is 0.125 e. The average molecular weight is 1690 g/mol. The van der Waals surface area contributed by atoms with Crippen LogP contribution in [0, 0.1) is 6.92 Å². The van der Waals surface area contributed by atoms with Crippen LogP contribution in [0.3, 0.4) is 0 Å². The average Bonchev–Trinajstić information content (AvgIpc) is 0.816. The molecule has 0 saturated heterocycles. The first-order valence-corrected chi connectivity index (χ1v) is 43.2. The lowest BCUT2D eigenvalue weighted by Crippen LogP contribution is -2.23. The van der Waals surface area contributed by atoms with Crippen LogP contribution < -0.4 is 0 Å². The van der Waals surface area contributed by atoms with E-state index in [0.29, 0.717) is 23.7 Å². The summed E-state index contributed by atoms with van der Waals surface area (Å²) in [5.41, 5.74) is 13.8. The molecular formula is C110H148O14. The van der Waals surface area contributed by atoms with Crippen molar-refractivity contribution in [3.63, 3.8) is 0 Å². The largest absolute Gasteiger partial charge is 0.251 e. The van der Waals surface area contributed by atoms with E-state index in [-0.39, 0.29) is 18.8 Å². The van der Waals surface area contributed by atoms with Gasteiger partial charge in [0, 0.05) is 0 Å². The minimum atomic E-state index is -0.747. The smallest absolute Gasteiger partial charge is 0.125 e. The van der Waals surface area contributed by atoms with Gasteiger partial charge in [-0.15, -0.1) is 0 Å². The number of rotatable bonds is 24. The second kappa shape index (κ2) is 66.6. The number of aryl methyl sites for hydroxylation is 3. The standard InChI is InChI=1S/C12H18O4.C12H18.C10H14O2.C10H14.2C9H12O2.2C9H12.C8H10O2.C8H10.C7H8O2.C7H8/c1-11(2,15-13)9-5-7-10(8-6-9)12(3,4)16-14;1-9(2)11-5-7-12(8-6-11)10(3)4;1-3-10(2,12-11)9-7-5-4-6-8-9;1-3-9(2)10-7-5-4-6-8-10;1-9(2,11-10)8-6-4-3-5-7-8;1-2-9(11-10)8-6-4-3-5-7-8;1-8(2)9-6-4-3-5-7-9;1-2-6-9-7-4-3-5-8-9;1-7(10-9)8-5-3-2-4-6-8;1-2-8-6-4-3-5-7-8;8-9-6-7-4-2-1-3-5-7;1-7-5-3-2-4-6-7/h5-8,13-14H,1-4H3;5-10H,1-4H3;4-8,11H,3H2,1-2H3;4-9H,3H2,1-2H3;3-7,10H,1-2H3;3-7,9-10H,2H2,1H3;3-8H,1-2H3;3-5,7-8H,2,6H2,1H3;2-7,9H,1H3;3-7H,2H2,1H3;1-5,8H,6H2;2-6H,1H3. The van der Waals surface area contributed by atoms with Gasteiger partial charge in [0.25, 0.3) is 0 Å². The van der Waals surface area contributed by atoms with Crippen LogP contribution in [0.2, 0.25) is 0 Å². The second-order valence-electron chi connectivity index (χ2n) is 32.1. The van der Waals surface area contributed by atoms with Crippen molar-refractivity contribution in [2.45, 2.75) is 249 Å². The summed E-state index contributed by atoms with van der Waals surface area (Å²) < 4.78 is 0. The van der Waals surface area contributed by atoms with Crippen LogP contribution in [0.15, 0.2) is 352 Å². The molecule has 0 saturated carbocycles. The van der Waals surface area contributed by atoms with Crippen LogP contribution in [-0.4, -0.2) is 36.8 Å². The van der Waals surface area contributed by atoms with Gasteiger partial charge >= 0.3 is 0 Å². The Morgan fingerprint density at radius 1 is 0.274 bits per heavy atom. The van der Waals surface area contributed by atoms with E-state index >= 15 is 0 Å². The summed E-state index contributed by atoms with van der Waals surface area (Å²) in [6.45, 7) is 42.8. The molecule has 0 aliphatic rings. The summed E-state index contributed by atoms with van der Waals surface area (Å²) in [5, 5.41) is 59.6. The molecule has 14 heteroatoms. The molecule has 4 atom stereocenters. The first-order chi connectivity index (χ1) is 59.4. The Labute approximate surface area is 745 Å². The van der Waals surface area contributed by atoms with E-state index in [1.807, 2.05) is 241 Å². The van der Waals surface area contributed by atoms with Crippen molar-refractivity contribution >= 4 is 0 Å². The fraction of sp³-hybridized carbons (Fsp3) is 0.345. The van der Waals surface area contributed by atoms with Gasteiger partial charge < -0.3 is 0 Å². The summed E-state index contributed by atoms with van der Waals surface area (Å²) in [5.74, 6) is 2.66. The van der Waals surface area contributed by atoms with Crippen molar-refractivity contribution in [2.75, 3.05) is 0 Å². The van der Waals surface area contributed by atoms with Crippen LogP contribution in [0.1, 0.15) is 278 Å². The molecule has 12 rings (SSSR count). The third-order valence-electron chi connectivity index (χ3n) is 20.2. The van der Waals surface area contributed by atoms with Crippen LogP contribution >= 0.6 is 0 Å². The first kappa shape index (κ1) is 112. The number of hydrogen-bond acceptors (Lipinski definition) is 14. The minimum absolute atomic E-state index is 0.184. The van der Waals surface area contributed by atoms with E-state index < -0.39 is 22.4 Å². The van der Waals surface area contributed by atoms with E-state index in [2.05, 4.69) is 256 Å². The van der Waals surface area contributed by atoms with Gasteiger partial charge in [0.2, 0.25) is 0 Å². The summed E-state index contributed by atoms with van der Waals surface area (Å²) in [6.07, 6.45) is 5.92. The highest BCUT2D eigenvalue weighted by atomic mass is 17.1. The van der Waals surface area contributed by atoms with E-state index in [0.717, 1.165) is 58.2 Å². The zero-order valence-corrected chi connectivity index (χ0v) is 77.9. The Morgan fingerprint density at radius 2 is 0.565 bits per heavy atom. The Morgan fingerprint density at radius 3 is 0.823 bits per heavy atom. The van der Waals surface area contributed by atoms with Crippen LogP contribution in [0.4, 0.5) is 0 Å². The fourth-order valence-corrected chi connectivity index (χ4v) is 11.2. The quantitative estimate of drug-likeness (QED) is 0.0222. The highest BCUT2D eigenvalue weighted by Gasteiger charge is 2.27. The molecule has 0 radical (unpaired) electrons.